The Balaban J connectivity index is 1.27. The molecule has 4 atom stereocenters. The second-order valence-electron chi connectivity index (χ2n) is 7.45. The number of benzene rings is 1. The van der Waals surface area contributed by atoms with Crippen molar-refractivity contribution < 1.29 is 33.3 Å². The highest BCUT2D eigenvalue weighted by atomic mass is 16.6. The first-order valence-corrected chi connectivity index (χ1v) is 9.96. The Morgan fingerprint density at radius 1 is 1.03 bits per heavy atom. The van der Waals surface area contributed by atoms with E-state index in [2.05, 4.69) is 10.6 Å². The van der Waals surface area contributed by atoms with E-state index in [1.165, 1.54) is 6.92 Å². The molecule has 162 valence electrons. The van der Waals surface area contributed by atoms with Crippen molar-refractivity contribution in [3.05, 3.63) is 29.8 Å². The van der Waals surface area contributed by atoms with Gasteiger partial charge in [-0.25, -0.2) is 9.59 Å². The molecule has 0 aliphatic carbocycles. The number of fused-ring (bicyclic) bond motifs is 1. The molecule has 0 saturated carbocycles. The highest BCUT2D eigenvalue weighted by Gasteiger charge is 2.50. The molecule has 3 amide bonds. The van der Waals surface area contributed by atoms with Gasteiger partial charge in [0.15, 0.2) is 11.9 Å². The summed E-state index contributed by atoms with van der Waals surface area (Å²) in [6, 6.07) is 6.06. The van der Waals surface area contributed by atoms with Crippen LogP contribution in [-0.4, -0.2) is 86.7 Å². The van der Waals surface area contributed by atoms with E-state index in [0.29, 0.717) is 44.2 Å². The van der Waals surface area contributed by atoms with E-state index in [0.717, 1.165) is 0 Å². The van der Waals surface area contributed by atoms with Crippen molar-refractivity contribution in [2.45, 2.75) is 31.3 Å². The van der Waals surface area contributed by atoms with E-state index >= 15 is 0 Å². The van der Waals surface area contributed by atoms with Crippen LogP contribution < -0.4 is 10.6 Å². The number of nitrogens with zero attached hydrogens (tertiary/aromatic N) is 1. The maximum Gasteiger partial charge on any atom is 0.412 e. The summed E-state index contributed by atoms with van der Waals surface area (Å²) >= 11 is 0. The average Bonchev–Trinajstić information content (AvgIpc) is 3.32. The number of urea groups is 1. The predicted molar refractivity (Wildman–Crippen MR) is 105 cm³/mol. The van der Waals surface area contributed by atoms with Gasteiger partial charge in [0.05, 0.1) is 32.5 Å². The van der Waals surface area contributed by atoms with Gasteiger partial charge in [0.2, 0.25) is 0 Å². The minimum absolute atomic E-state index is 0.0491. The number of hydrogen-bond donors (Lipinski definition) is 2. The third-order valence-corrected chi connectivity index (χ3v) is 5.41. The topological polar surface area (TPSA) is 115 Å². The van der Waals surface area contributed by atoms with Crippen LogP contribution in [0.5, 0.6) is 0 Å². The number of carbonyl (C=O) groups excluding carboxylic acids is 3. The number of nitrogens with one attached hydrogen (secondary N) is 2. The second kappa shape index (κ2) is 8.99. The summed E-state index contributed by atoms with van der Waals surface area (Å²) in [5.74, 6) is -0.0491. The first-order chi connectivity index (χ1) is 14.5. The molecule has 3 aliphatic rings. The number of morpholine rings is 1. The van der Waals surface area contributed by atoms with Crippen LogP contribution >= 0.6 is 0 Å². The molecule has 0 bridgehead atoms. The highest BCUT2D eigenvalue weighted by Crippen LogP contribution is 2.29. The third-order valence-electron chi connectivity index (χ3n) is 5.41. The molecule has 3 heterocycles. The van der Waals surface area contributed by atoms with Gasteiger partial charge in [0, 0.05) is 24.3 Å². The van der Waals surface area contributed by atoms with E-state index in [-0.39, 0.29) is 30.6 Å². The number of carbonyl (C=O) groups is 3. The van der Waals surface area contributed by atoms with Crippen LogP contribution in [0.25, 0.3) is 0 Å². The summed E-state index contributed by atoms with van der Waals surface area (Å²) in [5.41, 5.74) is 1.08. The normalized spacial score (nSPS) is 28.0. The first-order valence-electron chi connectivity index (χ1n) is 9.96. The molecule has 0 spiro atoms. The van der Waals surface area contributed by atoms with Crippen molar-refractivity contribution >= 4 is 23.6 Å². The molecule has 3 aliphatic heterocycles. The van der Waals surface area contributed by atoms with E-state index in [4.69, 9.17) is 18.9 Å². The van der Waals surface area contributed by atoms with E-state index < -0.39 is 18.3 Å². The molecule has 3 fully saturated rings. The van der Waals surface area contributed by atoms with Crippen LogP contribution in [-0.2, 0) is 18.9 Å². The molecule has 0 aromatic heterocycles. The quantitative estimate of drug-likeness (QED) is 0.700. The van der Waals surface area contributed by atoms with Crippen molar-refractivity contribution in [2.75, 3.05) is 44.8 Å². The maximum absolute atomic E-state index is 12.4. The van der Waals surface area contributed by atoms with Gasteiger partial charge in [-0.3, -0.25) is 10.1 Å². The van der Waals surface area contributed by atoms with Gasteiger partial charge in [-0.05, 0) is 31.2 Å². The SMILES string of the molecule is CC(=O)c1ccc(NC(=O)O[C@@H]2CO[C@H]3[C@@H]2OC[C@@H]3NC(=O)N2CCOCC2)cc1. The molecule has 30 heavy (non-hydrogen) atoms. The Hall–Kier alpha value is -2.69. The molecule has 10 heteroatoms. The Kier molecular flexibility index (Phi) is 6.16. The number of amides is 3. The number of Topliss-reactive ketones (excluding diaryl/α,β-unsaturated/α-hetero) is 1. The molecule has 2 N–H and O–H groups in total. The van der Waals surface area contributed by atoms with Gasteiger partial charge in [0.25, 0.3) is 0 Å². The Morgan fingerprint density at radius 2 is 1.73 bits per heavy atom. The molecule has 1 aromatic rings. The standard InChI is InChI=1S/C20H25N3O7/c1-12(24)13-2-4-14(5-3-13)21-20(26)30-16-11-29-17-15(10-28-18(16)17)22-19(25)23-6-8-27-9-7-23/h2-5,15-18H,6-11H2,1H3,(H,21,26)(H,22,25)/t15-,16+,17+,18+/m0/s1. The Bertz CT molecular complexity index is 794. The fourth-order valence-corrected chi connectivity index (χ4v) is 3.78. The van der Waals surface area contributed by atoms with Gasteiger partial charge in [-0.1, -0.05) is 0 Å². The molecular formula is C20H25N3O7. The monoisotopic (exact) mass is 419 g/mol. The summed E-state index contributed by atoms with van der Waals surface area (Å²) in [6.45, 7) is 4.11. The van der Waals surface area contributed by atoms with Gasteiger partial charge >= 0.3 is 12.1 Å². The lowest BCUT2D eigenvalue weighted by Gasteiger charge is -2.29. The van der Waals surface area contributed by atoms with Crippen molar-refractivity contribution in [3.8, 4) is 0 Å². The van der Waals surface area contributed by atoms with Gasteiger partial charge < -0.3 is 29.2 Å². The summed E-state index contributed by atoms with van der Waals surface area (Å²) in [5, 5.41) is 5.58. The van der Waals surface area contributed by atoms with Gasteiger partial charge in [0.1, 0.15) is 12.2 Å². The van der Waals surface area contributed by atoms with Crippen LogP contribution in [0, 0.1) is 0 Å². The predicted octanol–water partition coefficient (Wildman–Crippen LogP) is 1.01. The second-order valence-corrected chi connectivity index (χ2v) is 7.45. The van der Waals surface area contributed by atoms with E-state index in [1.807, 2.05) is 0 Å². The zero-order valence-corrected chi connectivity index (χ0v) is 16.7. The number of ether oxygens (including phenoxy) is 4. The summed E-state index contributed by atoms with van der Waals surface area (Å²) in [7, 11) is 0. The molecule has 1 aromatic carbocycles. The van der Waals surface area contributed by atoms with Crippen molar-refractivity contribution in [1.29, 1.82) is 0 Å². The zero-order chi connectivity index (χ0) is 21.1. The number of hydrogen-bond acceptors (Lipinski definition) is 7. The molecular weight excluding hydrogens is 394 g/mol. The van der Waals surface area contributed by atoms with Crippen molar-refractivity contribution in [2.24, 2.45) is 0 Å². The maximum atomic E-state index is 12.4. The van der Waals surface area contributed by atoms with Gasteiger partial charge in [-0.2, -0.15) is 0 Å². The van der Waals surface area contributed by atoms with Crippen LogP contribution in [0.3, 0.4) is 0 Å². The fraction of sp³-hybridized carbons (Fsp3) is 0.550. The Morgan fingerprint density at radius 3 is 2.43 bits per heavy atom. The summed E-state index contributed by atoms with van der Waals surface area (Å²) < 4.78 is 22.2. The molecule has 4 rings (SSSR count). The van der Waals surface area contributed by atoms with Crippen LogP contribution in [0.4, 0.5) is 15.3 Å². The zero-order valence-electron chi connectivity index (χ0n) is 16.7. The summed E-state index contributed by atoms with van der Waals surface area (Å²) in [4.78, 5) is 37.7. The lowest BCUT2D eigenvalue weighted by molar-refractivity contribution is 0.00852. The van der Waals surface area contributed by atoms with Crippen molar-refractivity contribution in [3.63, 3.8) is 0 Å². The number of anilines is 1. The molecule has 3 saturated heterocycles. The lowest BCUT2D eigenvalue weighted by Crippen LogP contribution is -2.52. The molecule has 10 nitrogen and oxygen atoms in total. The minimum Gasteiger partial charge on any atom is -0.441 e. The average molecular weight is 419 g/mol. The largest absolute Gasteiger partial charge is 0.441 e. The molecule has 0 unspecified atom stereocenters. The van der Waals surface area contributed by atoms with E-state index in [9.17, 15) is 14.4 Å². The van der Waals surface area contributed by atoms with Crippen molar-refractivity contribution in [1.82, 2.24) is 10.2 Å². The minimum atomic E-state index is -0.635. The third kappa shape index (κ3) is 4.55. The fourth-order valence-electron chi connectivity index (χ4n) is 3.78. The van der Waals surface area contributed by atoms with E-state index in [1.54, 1.807) is 29.2 Å². The number of ketones is 1. The number of rotatable bonds is 4. The van der Waals surface area contributed by atoms with Crippen LogP contribution in [0.2, 0.25) is 0 Å². The lowest BCUT2D eigenvalue weighted by atomic mass is 10.1. The Labute approximate surface area is 173 Å². The highest BCUT2D eigenvalue weighted by molar-refractivity contribution is 5.95. The van der Waals surface area contributed by atoms with Crippen LogP contribution in [0.1, 0.15) is 17.3 Å². The van der Waals surface area contributed by atoms with Crippen LogP contribution in [0.15, 0.2) is 24.3 Å². The molecule has 0 radical (unpaired) electrons. The first kappa shape index (κ1) is 20.6. The smallest absolute Gasteiger partial charge is 0.412 e. The summed E-state index contributed by atoms with van der Waals surface area (Å²) in [6.07, 6.45) is -2.02. The van der Waals surface area contributed by atoms with Gasteiger partial charge in [-0.15, -0.1) is 0 Å².